The van der Waals surface area contributed by atoms with Crippen LogP contribution in [0, 0.1) is 18.7 Å². The van der Waals surface area contributed by atoms with Gasteiger partial charge < -0.3 is 9.64 Å². The number of thiazole rings is 1. The van der Waals surface area contributed by atoms with Crippen molar-refractivity contribution < 1.29 is 23.5 Å². The van der Waals surface area contributed by atoms with Crippen LogP contribution in [-0.4, -0.2) is 58.7 Å². The minimum Gasteiger partial charge on any atom is -0.378 e. The van der Waals surface area contributed by atoms with Crippen LogP contribution in [-0.2, 0) is 25.7 Å². The number of amides is 3. The number of hydrogen-bond acceptors (Lipinski definition) is 7. The van der Waals surface area contributed by atoms with Crippen molar-refractivity contribution in [1.82, 2.24) is 9.47 Å². The smallest absolute Gasteiger partial charge is 0.308 e. The van der Waals surface area contributed by atoms with E-state index in [1.54, 1.807) is 29.2 Å². The third kappa shape index (κ3) is 4.18. The number of carbonyl (C=O) groups is 3. The molecule has 0 saturated carbocycles. The lowest BCUT2D eigenvalue weighted by molar-refractivity contribution is -0.136. The van der Waals surface area contributed by atoms with E-state index in [-0.39, 0.29) is 29.1 Å². The molecule has 3 amide bonds. The number of aryl methyl sites for hydroxylation is 1. The predicted octanol–water partition coefficient (Wildman–Crippen LogP) is 3.01. The van der Waals surface area contributed by atoms with Crippen LogP contribution < -0.4 is 9.77 Å². The average Bonchev–Trinajstić information content (AvgIpc) is 3.36. The molecule has 0 radical (unpaired) electrons. The zero-order valence-corrected chi connectivity index (χ0v) is 22.1. The number of aromatic nitrogens is 1. The first-order valence-corrected chi connectivity index (χ1v) is 14.0. The van der Waals surface area contributed by atoms with Gasteiger partial charge in [-0.05, 0) is 36.8 Å². The van der Waals surface area contributed by atoms with E-state index in [1.165, 1.54) is 33.4 Å². The lowest BCUT2D eigenvalue weighted by Gasteiger charge is -2.31. The van der Waals surface area contributed by atoms with Crippen molar-refractivity contribution >= 4 is 46.5 Å². The van der Waals surface area contributed by atoms with E-state index in [1.807, 2.05) is 19.1 Å². The molecule has 3 aliphatic heterocycles. The third-order valence-electron chi connectivity index (χ3n) is 7.23. The van der Waals surface area contributed by atoms with Crippen molar-refractivity contribution in [2.45, 2.75) is 29.7 Å². The molecule has 4 heterocycles. The fourth-order valence-electron chi connectivity index (χ4n) is 5.28. The molecule has 2 unspecified atom stereocenters. The number of anilines is 1. The minimum atomic E-state index is -0.787. The van der Waals surface area contributed by atoms with Gasteiger partial charge in [-0.25, -0.2) is 9.29 Å². The Morgan fingerprint density at radius 1 is 1.00 bits per heavy atom. The maximum absolute atomic E-state index is 13.8. The Hall–Kier alpha value is -3.28. The molecule has 0 N–H and O–H groups in total. The molecule has 3 atom stereocenters. The van der Waals surface area contributed by atoms with Gasteiger partial charge in [-0.3, -0.25) is 23.7 Å². The lowest BCUT2D eigenvalue weighted by Crippen LogP contribution is -2.43. The molecule has 8 nitrogen and oxygen atoms in total. The SMILES string of the molecule is Cc1ccc(N2C(=O)C3Sc4c(sc(=O)n4CC(=O)N4CCOCC4)[C@H](c4ccc(F)cc4)C3C2=O)cc1. The zero-order valence-electron chi connectivity index (χ0n) is 20.5. The summed E-state index contributed by atoms with van der Waals surface area (Å²) in [4.78, 5) is 57.0. The van der Waals surface area contributed by atoms with Crippen molar-refractivity contribution in [3.8, 4) is 0 Å². The quantitative estimate of drug-likeness (QED) is 0.462. The van der Waals surface area contributed by atoms with Gasteiger partial charge in [0, 0.05) is 23.9 Å². The van der Waals surface area contributed by atoms with E-state index in [4.69, 9.17) is 4.74 Å². The summed E-state index contributed by atoms with van der Waals surface area (Å²) in [7, 11) is 0. The predicted molar refractivity (Wildman–Crippen MR) is 141 cm³/mol. The minimum absolute atomic E-state index is 0.158. The molecule has 2 aromatic carbocycles. The summed E-state index contributed by atoms with van der Waals surface area (Å²) >= 11 is 2.15. The number of carbonyl (C=O) groups excluding carboxylic acids is 3. The molecule has 1 aromatic heterocycles. The van der Waals surface area contributed by atoms with Gasteiger partial charge in [0.25, 0.3) is 0 Å². The number of imide groups is 1. The molecular formula is C27H24FN3O5S2. The molecule has 196 valence electrons. The van der Waals surface area contributed by atoms with Crippen molar-refractivity contribution in [3.05, 3.63) is 80.0 Å². The Balaban J connectivity index is 1.43. The molecule has 3 aliphatic rings. The summed E-state index contributed by atoms with van der Waals surface area (Å²) in [5.74, 6) is -2.74. The van der Waals surface area contributed by atoms with E-state index < -0.39 is 22.9 Å². The molecule has 0 aliphatic carbocycles. The number of hydrogen-bond donors (Lipinski definition) is 0. The van der Waals surface area contributed by atoms with E-state index >= 15 is 0 Å². The highest BCUT2D eigenvalue weighted by Gasteiger charge is 2.56. The normalized spacial score (nSPS) is 22.9. The van der Waals surface area contributed by atoms with Crippen LogP contribution in [0.25, 0.3) is 0 Å². The molecule has 6 rings (SSSR count). The van der Waals surface area contributed by atoms with Gasteiger partial charge in [-0.2, -0.15) is 0 Å². The van der Waals surface area contributed by atoms with E-state index in [9.17, 15) is 23.6 Å². The van der Waals surface area contributed by atoms with Crippen molar-refractivity contribution in [2.24, 2.45) is 5.92 Å². The Morgan fingerprint density at radius 3 is 2.37 bits per heavy atom. The number of nitrogens with zero attached hydrogens (tertiary/aromatic N) is 3. The number of thioether (sulfide) groups is 1. The standard InChI is InChI=1S/C27H24FN3O5S2/c1-15-2-8-18(9-3-15)31-24(33)21-20(16-4-6-17(28)7-5-16)23-26(37-22(21)25(31)34)30(27(35)38-23)14-19(32)29-10-12-36-13-11-29/h2-9,20-22H,10-14H2,1H3/t20-,21?,22?/m1/s1. The lowest BCUT2D eigenvalue weighted by atomic mass is 9.83. The maximum Gasteiger partial charge on any atom is 0.308 e. The van der Waals surface area contributed by atoms with Crippen LogP contribution in [0.2, 0.25) is 0 Å². The van der Waals surface area contributed by atoms with Gasteiger partial charge in [0.2, 0.25) is 17.7 Å². The highest BCUT2D eigenvalue weighted by atomic mass is 32.2. The largest absolute Gasteiger partial charge is 0.378 e. The van der Waals surface area contributed by atoms with Crippen LogP contribution in [0.3, 0.4) is 0 Å². The van der Waals surface area contributed by atoms with Crippen LogP contribution in [0.1, 0.15) is 21.9 Å². The second-order valence-corrected chi connectivity index (χ2v) is 11.7. The van der Waals surface area contributed by atoms with E-state index in [0.29, 0.717) is 47.5 Å². The van der Waals surface area contributed by atoms with Gasteiger partial charge in [0.1, 0.15) is 17.6 Å². The van der Waals surface area contributed by atoms with Crippen molar-refractivity contribution in [2.75, 3.05) is 31.2 Å². The highest BCUT2D eigenvalue weighted by Crippen LogP contribution is 2.53. The van der Waals surface area contributed by atoms with Gasteiger partial charge >= 0.3 is 4.87 Å². The Morgan fingerprint density at radius 2 is 1.68 bits per heavy atom. The molecular weight excluding hydrogens is 529 g/mol. The van der Waals surface area contributed by atoms with Crippen molar-refractivity contribution in [3.63, 3.8) is 0 Å². The van der Waals surface area contributed by atoms with Crippen LogP contribution in [0.5, 0.6) is 0 Å². The first kappa shape index (κ1) is 25.0. The molecule has 2 saturated heterocycles. The van der Waals surface area contributed by atoms with Crippen LogP contribution in [0.4, 0.5) is 10.1 Å². The number of fused-ring (bicyclic) bond motifs is 2. The van der Waals surface area contributed by atoms with Gasteiger partial charge in [-0.1, -0.05) is 52.9 Å². The van der Waals surface area contributed by atoms with Crippen LogP contribution in [0.15, 0.2) is 58.4 Å². The first-order chi connectivity index (χ1) is 18.3. The summed E-state index contributed by atoms with van der Waals surface area (Å²) in [6.45, 7) is 3.56. The fourth-order valence-corrected chi connectivity index (χ4v) is 8.05. The molecule has 0 spiro atoms. The fraction of sp³-hybridized carbons (Fsp3) is 0.333. The summed E-state index contributed by atoms with van der Waals surface area (Å²) in [5, 5.41) is -0.269. The third-order valence-corrected chi connectivity index (χ3v) is 9.83. The van der Waals surface area contributed by atoms with Gasteiger partial charge in [0.05, 0.1) is 29.8 Å². The highest BCUT2D eigenvalue weighted by molar-refractivity contribution is 8.00. The number of halogens is 1. The Labute approximate surface area is 226 Å². The number of benzene rings is 2. The Kier molecular flexibility index (Phi) is 6.45. The summed E-state index contributed by atoms with van der Waals surface area (Å²) in [6.07, 6.45) is 0. The molecule has 38 heavy (non-hydrogen) atoms. The molecule has 2 fully saturated rings. The van der Waals surface area contributed by atoms with E-state index in [0.717, 1.165) is 16.9 Å². The second-order valence-electron chi connectivity index (χ2n) is 9.56. The van der Waals surface area contributed by atoms with Crippen LogP contribution >= 0.6 is 23.1 Å². The molecule has 11 heteroatoms. The second kappa shape index (κ2) is 9.79. The number of morpholine rings is 1. The number of ether oxygens (including phenoxy) is 1. The van der Waals surface area contributed by atoms with Gasteiger partial charge in [0.15, 0.2) is 0 Å². The van der Waals surface area contributed by atoms with Gasteiger partial charge in [-0.15, -0.1) is 0 Å². The number of rotatable bonds is 4. The summed E-state index contributed by atoms with van der Waals surface area (Å²) in [6, 6.07) is 13.0. The zero-order chi connectivity index (χ0) is 26.6. The monoisotopic (exact) mass is 553 g/mol. The summed E-state index contributed by atoms with van der Waals surface area (Å²) in [5.41, 5.74) is 2.13. The first-order valence-electron chi connectivity index (χ1n) is 12.3. The molecule has 3 aromatic rings. The topological polar surface area (TPSA) is 88.9 Å². The maximum atomic E-state index is 13.8. The van der Waals surface area contributed by atoms with Crippen molar-refractivity contribution in [1.29, 1.82) is 0 Å². The molecule has 0 bridgehead atoms. The Bertz CT molecular complexity index is 1480. The summed E-state index contributed by atoms with van der Waals surface area (Å²) < 4.78 is 20.6. The van der Waals surface area contributed by atoms with E-state index in [2.05, 4.69) is 0 Å². The average molecular weight is 554 g/mol.